The van der Waals surface area contributed by atoms with Gasteiger partial charge >= 0.3 is 0 Å². The van der Waals surface area contributed by atoms with Crippen LogP contribution in [0.2, 0.25) is 0 Å². The summed E-state index contributed by atoms with van der Waals surface area (Å²) in [5, 5.41) is 14.3. The molecule has 7 heteroatoms. The predicted octanol–water partition coefficient (Wildman–Crippen LogP) is 6.22. The molecule has 1 amide bonds. The number of amides is 1. The highest BCUT2D eigenvalue weighted by molar-refractivity contribution is 7.99. The van der Waals surface area contributed by atoms with Gasteiger partial charge in [0.2, 0.25) is 5.91 Å². The first-order valence-electron chi connectivity index (χ1n) is 11.5. The van der Waals surface area contributed by atoms with Crippen LogP contribution in [-0.2, 0) is 23.4 Å². The highest BCUT2D eigenvalue weighted by Crippen LogP contribution is 2.26. The molecule has 6 nitrogen and oxygen atoms in total. The van der Waals surface area contributed by atoms with Crippen LogP contribution in [0.4, 0.5) is 5.69 Å². The fraction of sp³-hybridized carbons (Fsp3) is 0.250. The summed E-state index contributed by atoms with van der Waals surface area (Å²) in [5.41, 5.74) is 2.14. The van der Waals surface area contributed by atoms with Gasteiger partial charge in [0.05, 0.1) is 5.75 Å². The van der Waals surface area contributed by atoms with Gasteiger partial charge in [-0.05, 0) is 34.6 Å². The second-order valence-corrected chi connectivity index (χ2v) is 10.2. The second kappa shape index (κ2) is 10.8. The van der Waals surface area contributed by atoms with E-state index < -0.39 is 0 Å². The molecule has 0 atom stereocenters. The first kappa shape index (κ1) is 24.5. The summed E-state index contributed by atoms with van der Waals surface area (Å²) in [6, 6.07) is 22.0. The number of carbonyl (C=O) groups excluding carboxylic acids is 1. The van der Waals surface area contributed by atoms with Gasteiger partial charge in [0.15, 0.2) is 11.0 Å². The molecule has 0 saturated heterocycles. The van der Waals surface area contributed by atoms with Crippen molar-refractivity contribution in [3.05, 3.63) is 90.8 Å². The lowest BCUT2D eigenvalue weighted by atomic mass is 9.87. The Morgan fingerprint density at radius 2 is 1.80 bits per heavy atom. The zero-order valence-corrected chi connectivity index (χ0v) is 21.1. The third-order valence-electron chi connectivity index (χ3n) is 5.59. The van der Waals surface area contributed by atoms with Crippen LogP contribution in [-0.4, -0.2) is 26.4 Å². The average Bonchev–Trinajstić information content (AvgIpc) is 3.23. The van der Waals surface area contributed by atoms with E-state index in [1.807, 2.05) is 59.2 Å². The first-order chi connectivity index (χ1) is 16.8. The number of nitrogens with zero attached hydrogens (tertiary/aromatic N) is 3. The summed E-state index contributed by atoms with van der Waals surface area (Å²) >= 11 is 1.34. The molecule has 0 radical (unpaired) electrons. The number of carbonyl (C=O) groups is 1. The Hall–Kier alpha value is -3.58. The number of ether oxygens (including phenoxy) is 1. The van der Waals surface area contributed by atoms with Crippen molar-refractivity contribution in [3.8, 4) is 5.75 Å². The smallest absolute Gasteiger partial charge is 0.234 e. The molecule has 0 bridgehead atoms. The fourth-order valence-electron chi connectivity index (χ4n) is 3.69. The maximum absolute atomic E-state index is 12.7. The number of benzene rings is 3. The van der Waals surface area contributed by atoms with E-state index in [1.54, 1.807) is 6.08 Å². The Labute approximate surface area is 210 Å². The van der Waals surface area contributed by atoms with Crippen molar-refractivity contribution in [1.82, 2.24) is 14.8 Å². The molecule has 0 aliphatic heterocycles. The number of hydrogen-bond donors (Lipinski definition) is 1. The number of fused-ring (bicyclic) bond motifs is 1. The molecule has 1 heterocycles. The number of hydrogen-bond acceptors (Lipinski definition) is 5. The molecule has 0 aliphatic rings. The maximum atomic E-state index is 12.7. The molecule has 1 aromatic heterocycles. The third-order valence-corrected chi connectivity index (χ3v) is 6.56. The number of anilines is 1. The van der Waals surface area contributed by atoms with Gasteiger partial charge in [-0.15, -0.1) is 16.8 Å². The number of nitrogens with one attached hydrogen (secondary N) is 1. The number of aromatic nitrogens is 3. The minimum Gasteiger partial charge on any atom is -0.486 e. The number of rotatable bonds is 9. The van der Waals surface area contributed by atoms with E-state index in [9.17, 15) is 4.79 Å². The Kier molecular flexibility index (Phi) is 7.56. The molecule has 4 rings (SSSR count). The topological polar surface area (TPSA) is 69.0 Å². The van der Waals surface area contributed by atoms with Crippen molar-refractivity contribution < 1.29 is 9.53 Å². The van der Waals surface area contributed by atoms with Gasteiger partial charge in [-0.2, -0.15) is 0 Å². The second-order valence-electron chi connectivity index (χ2n) is 9.22. The zero-order chi connectivity index (χ0) is 24.8. The Balaban J connectivity index is 1.39. The molecule has 180 valence electrons. The molecule has 0 fully saturated rings. The van der Waals surface area contributed by atoms with Gasteiger partial charge in [-0.1, -0.05) is 87.1 Å². The van der Waals surface area contributed by atoms with E-state index in [0.29, 0.717) is 17.5 Å². The number of allylic oxidation sites excluding steroid dienone is 1. The Morgan fingerprint density at radius 1 is 1.06 bits per heavy atom. The van der Waals surface area contributed by atoms with Gasteiger partial charge < -0.3 is 10.1 Å². The van der Waals surface area contributed by atoms with E-state index in [-0.39, 0.29) is 23.7 Å². The van der Waals surface area contributed by atoms with E-state index in [0.717, 1.165) is 22.2 Å². The predicted molar refractivity (Wildman–Crippen MR) is 143 cm³/mol. The van der Waals surface area contributed by atoms with Crippen molar-refractivity contribution in [2.45, 2.75) is 44.5 Å². The molecule has 0 spiro atoms. The minimum absolute atomic E-state index is 0.0920. The standard InChI is InChI=1S/C28H30N4O2S/c1-5-17-32-25(18-34-22-15-13-21(14-16-22)28(2,3)4)30-31-27(32)35-19-26(33)29-24-12-8-10-20-9-6-7-11-23(20)24/h5-16H,1,17-19H2,2-4H3,(H,29,33). The molecular formula is C28H30N4O2S. The summed E-state index contributed by atoms with van der Waals surface area (Å²) in [6.07, 6.45) is 1.78. The van der Waals surface area contributed by atoms with Crippen molar-refractivity contribution >= 4 is 34.1 Å². The highest BCUT2D eigenvalue weighted by Gasteiger charge is 2.16. The summed E-state index contributed by atoms with van der Waals surface area (Å²) in [5.74, 6) is 1.57. The quantitative estimate of drug-likeness (QED) is 0.224. The van der Waals surface area contributed by atoms with Crippen LogP contribution < -0.4 is 10.1 Å². The molecule has 3 aromatic carbocycles. The first-order valence-corrected chi connectivity index (χ1v) is 12.5. The summed E-state index contributed by atoms with van der Waals surface area (Å²) < 4.78 is 7.88. The summed E-state index contributed by atoms with van der Waals surface area (Å²) in [7, 11) is 0. The average molecular weight is 487 g/mol. The van der Waals surface area contributed by atoms with Crippen LogP contribution in [0.15, 0.2) is 84.5 Å². The van der Waals surface area contributed by atoms with Crippen LogP contribution in [0.1, 0.15) is 32.2 Å². The molecule has 0 saturated carbocycles. The number of thioether (sulfide) groups is 1. The minimum atomic E-state index is -0.101. The van der Waals surface area contributed by atoms with Crippen LogP contribution in [0, 0.1) is 0 Å². The molecule has 1 N–H and O–H groups in total. The largest absolute Gasteiger partial charge is 0.486 e. The molecule has 0 unspecified atom stereocenters. The van der Waals surface area contributed by atoms with E-state index >= 15 is 0 Å². The summed E-state index contributed by atoms with van der Waals surface area (Å²) in [4.78, 5) is 12.7. The summed E-state index contributed by atoms with van der Waals surface area (Å²) in [6.45, 7) is 11.2. The Morgan fingerprint density at radius 3 is 2.54 bits per heavy atom. The fourth-order valence-corrected chi connectivity index (χ4v) is 4.46. The lowest BCUT2D eigenvalue weighted by Crippen LogP contribution is -2.15. The van der Waals surface area contributed by atoms with Gasteiger partial charge in [-0.25, -0.2) is 0 Å². The normalized spacial score (nSPS) is 11.4. The lowest BCUT2D eigenvalue weighted by Gasteiger charge is -2.19. The van der Waals surface area contributed by atoms with E-state index in [1.165, 1.54) is 17.3 Å². The van der Waals surface area contributed by atoms with Crippen molar-refractivity contribution in [2.24, 2.45) is 0 Å². The monoisotopic (exact) mass is 486 g/mol. The maximum Gasteiger partial charge on any atom is 0.234 e. The van der Waals surface area contributed by atoms with Gasteiger partial charge in [-0.3, -0.25) is 9.36 Å². The van der Waals surface area contributed by atoms with Crippen molar-refractivity contribution in [3.63, 3.8) is 0 Å². The zero-order valence-electron chi connectivity index (χ0n) is 20.3. The van der Waals surface area contributed by atoms with Crippen LogP contribution in [0.5, 0.6) is 5.75 Å². The van der Waals surface area contributed by atoms with Crippen LogP contribution >= 0.6 is 11.8 Å². The third kappa shape index (κ3) is 6.11. The van der Waals surface area contributed by atoms with Crippen LogP contribution in [0.25, 0.3) is 10.8 Å². The Bertz CT molecular complexity index is 1320. The molecule has 0 aliphatic carbocycles. The molecular weight excluding hydrogens is 456 g/mol. The van der Waals surface area contributed by atoms with Crippen molar-refractivity contribution in [2.75, 3.05) is 11.1 Å². The molecule has 4 aromatic rings. The molecule has 35 heavy (non-hydrogen) atoms. The van der Waals surface area contributed by atoms with Crippen LogP contribution in [0.3, 0.4) is 0 Å². The van der Waals surface area contributed by atoms with Gasteiger partial charge in [0.25, 0.3) is 0 Å². The van der Waals surface area contributed by atoms with E-state index in [2.05, 4.69) is 55.0 Å². The van der Waals surface area contributed by atoms with Gasteiger partial charge in [0.1, 0.15) is 12.4 Å². The lowest BCUT2D eigenvalue weighted by molar-refractivity contribution is -0.113. The van der Waals surface area contributed by atoms with Gasteiger partial charge in [0, 0.05) is 17.6 Å². The van der Waals surface area contributed by atoms with Crippen molar-refractivity contribution in [1.29, 1.82) is 0 Å². The highest BCUT2D eigenvalue weighted by atomic mass is 32.2. The SMILES string of the molecule is C=CCn1c(COc2ccc(C(C)(C)C)cc2)nnc1SCC(=O)Nc1cccc2ccccc12. The van der Waals surface area contributed by atoms with E-state index in [4.69, 9.17) is 4.74 Å².